The summed E-state index contributed by atoms with van der Waals surface area (Å²) >= 11 is 3.48. The summed E-state index contributed by atoms with van der Waals surface area (Å²) in [5.41, 5.74) is 3.61. The molecule has 0 saturated heterocycles. The molecule has 1 unspecified atom stereocenters. The molecule has 1 atom stereocenters. The Bertz CT molecular complexity index is 1180. The van der Waals surface area contributed by atoms with Gasteiger partial charge in [0.05, 0.1) is 0 Å². The zero-order valence-electron chi connectivity index (χ0n) is 17.3. The predicted octanol–water partition coefficient (Wildman–Crippen LogP) is 4.67. The van der Waals surface area contributed by atoms with Crippen LogP contribution in [0.25, 0.3) is 0 Å². The first-order valence-corrected chi connectivity index (χ1v) is 11.0. The number of tetrazole rings is 1. The van der Waals surface area contributed by atoms with E-state index in [0.717, 1.165) is 39.0 Å². The van der Waals surface area contributed by atoms with Gasteiger partial charge in [-0.2, -0.15) is 4.68 Å². The van der Waals surface area contributed by atoms with Crippen molar-refractivity contribution < 1.29 is 9.53 Å². The van der Waals surface area contributed by atoms with E-state index in [2.05, 4.69) is 50.6 Å². The molecular weight excluding hydrogens is 458 g/mol. The number of hydrogen-bond donors (Lipinski definition) is 1. The first-order chi connectivity index (χ1) is 14.9. The van der Waals surface area contributed by atoms with E-state index in [1.807, 2.05) is 48.5 Å². The lowest BCUT2D eigenvalue weighted by atomic mass is 9.73. The first-order valence-electron chi connectivity index (χ1n) is 10.2. The number of ketones is 1. The molecule has 2 heterocycles. The highest BCUT2D eigenvalue weighted by atomic mass is 79.9. The van der Waals surface area contributed by atoms with Crippen LogP contribution in [0.15, 0.2) is 64.3 Å². The topological polar surface area (TPSA) is 81.9 Å². The summed E-state index contributed by atoms with van der Waals surface area (Å²) in [5.74, 6) is 1.46. The second kappa shape index (κ2) is 7.60. The summed E-state index contributed by atoms with van der Waals surface area (Å²) in [7, 11) is 0. The zero-order chi connectivity index (χ0) is 21.6. The molecule has 1 aliphatic heterocycles. The van der Waals surface area contributed by atoms with Crippen LogP contribution >= 0.6 is 15.9 Å². The van der Waals surface area contributed by atoms with Gasteiger partial charge in [0.15, 0.2) is 5.78 Å². The van der Waals surface area contributed by atoms with Crippen molar-refractivity contribution in [3.05, 3.63) is 75.4 Å². The molecule has 5 rings (SSSR count). The number of halogens is 1. The number of rotatable bonds is 4. The van der Waals surface area contributed by atoms with Crippen LogP contribution in [0.5, 0.6) is 5.75 Å². The van der Waals surface area contributed by atoms with Crippen molar-refractivity contribution in [2.24, 2.45) is 5.41 Å². The molecule has 0 fully saturated rings. The lowest BCUT2D eigenvalue weighted by Gasteiger charge is -2.37. The van der Waals surface area contributed by atoms with Gasteiger partial charge < -0.3 is 10.1 Å². The van der Waals surface area contributed by atoms with Crippen molar-refractivity contribution in [2.75, 3.05) is 5.32 Å². The molecule has 1 aliphatic carbocycles. The minimum Gasteiger partial charge on any atom is -0.489 e. The number of anilines is 1. The Morgan fingerprint density at radius 2 is 2.00 bits per heavy atom. The van der Waals surface area contributed by atoms with Gasteiger partial charge in [-0.3, -0.25) is 4.79 Å². The van der Waals surface area contributed by atoms with Crippen molar-refractivity contribution in [3.8, 4) is 5.75 Å². The third-order valence-electron chi connectivity index (χ3n) is 5.68. The van der Waals surface area contributed by atoms with Gasteiger partial charge in [-0.05, 0) is 57.7 Å². The van der Waals surface area contributed by atoms with Gasteiger partial charge in [-0.1, -0.05) is 59.1 Å². The summed E-state index contributed by atoms with van der Waals surface area (Å²) in [6, 6.07) is 15.5. The smallest absolute Gasteiger partial charge is 0.248 e. The number of benzene rings is 2. The molecule has 0 radical (unpaired) electrons. The summed E-state index contributed by atoms with van der Waals surface area (Å²) in [4.78, 5) is 13.1. The predicted molar refractivity (Wildman–Crippen MR) is 120 cm³/mol. The van der Waals surface area contributed by atoms with Gasteiger partial charge in [0, 0.05) is 22.2 Å². The van der Waals surface area contributed by atoms with Crippen molar-refractivity contribution in [3.63, 3.8) is 0 Å². The third-order valence-corrected chi connectivity index (χ3v) is 6.18. The highest BCUT2D eigenvalue weighted by Gasteiger charge is 2.41. The van der Waals surface area contributed by atoms with Gasteiger partial charge in [0.2, 0.25) is 5.95 Å². The number of allylic oxidation sites excluding steroid dienone is 2. The standard InChI is InChI=1S/C23H22BrN5O2/c1-23(2)11-18-20(19(30)12-23)21(29-22(25-18)26-27-28-29)15-6-8-17(9-7-15)31-13-14-4-3-5-16(24)10-14/h3-10,21H,11-13H2,1-2H3,(H,25,26,28). The largest absolute Gasteiger partial charge is 0.489 e. The van der Waals surface area contributed by atoms with Crippen LogP contribution in [0.2, 0.25) is 0 Å². The van der Waals surface area contributed by atoms with Crippen LogP contribution in [0.4, 0.5) is 5.95 Å². The summed E-state index contributed by atoms with van der Waals surface area (Å²) in [6.07, 6.45) is 1.29. The van der Waals surface area contributed by atoms with Gasteiger partial charge in [-0.25, -0.2) is 0 Å². The molecule has 1 aromatic heterocycles. The number of nitrogens with zero attached hydrogens (tertiary/aromatic N) is 4. The van der Waals surface area contributed by atoms with Crippen LogP contribution in [-0.4, -0.2) is 26.0 Å². The van der Waals surface area contributed by atoms with E-state index in [0.29, 0.717) is 19.0 Å². The number of carbonyl (C=O) groups excluding carboxylic acids is 1. The number of carbonyl (C=O) groups is 1. The second-order valence-electron chi connectivity index (χ2n) is 8.80. The minimum absolute atomic E-state index is 0.0901. The van der Waals surface area contributed by atoms with E-state index in [1.165, 1.54) is 0 Å². The summed E-state index contributed by atoms with van der Waals surface area (Å²) < 4.78 is 8.65. The second-order valence-corrected chi connectivity index (χ2v) is 9.71. The van der Waals surface area contributed by atoms with E-state index in [9.17, 15) is 4.79 Å². The Balaban J connectivity index is 1.43. The lowest BCUT2D eigenvalue weighted by Crippen LogP contribution is -2.36. The number of nitrogens with one attached hydrogen (secondary N) is 1. The maximum Gasteiger partial charge on any atom is 0.248 e. The molecular formula is C23H22BrN5O2. The fourth-order valence-corrected chi connectivity index (χ4v) is 4.76. The summed E-state index contributed by atoms with van der Waals surface area (Å²) in [5, 5.41) is 15.4. The molecule has 31 heavy (non-hydrogen) atoms. The van der Waals surface area contributed by atoms with E-state index >= 15 is 0 Å². The molecule has 8 heteroatoms. The fraction of sp³-hybridized carbons (Fsp3) is 0.304. The molecule has 0 saturated carbocycles. The molecule has 2 aliphatic rings. The molecule has 3 aromatic rings. The quantitative estimate of drug-likeness (QED) is 0.585. The van der Waals surface area contributed by atoms with E-state index < -0.39 is 0 Å². The molecule has 0 amide bonds. The van der Waals surface area contributed by atoms with Crippen molar-refractivity contribution in [1.82, 2.24) is 20.2 Å². The van der Waals surface area contributed by atoms with Gasteiger partial charge in [-0.15, -0.1) is 0 Å². The average Bonchev–Trinajstić information content (AvgIpc) is 3.18. The maximum absolute atomic E-state index is 13.1. The SMILES string of the molecule is CC1(C)CC(=O)C2=C(C1)Nc1nnnn1C2c1ccc(OCc2cccc(Br)c2)cc1. The third kappa shape index (κ3) is 3.87. The van der Waals surface area contributed by atoms with Crippen molar-refractivity contribution >= 4 is 27.7 Å². The number of Topliss-reactive ketones (excluding diaryl/α,β-unsaturated/α-hetero) is 1. The normalized spacial score (nSPS) is 19.5. The van der Waals surface area contributed by atoms with Gasteiger partial charge in [0.25, 0.3) is 0 Å². The van der Waals surface area contributed by atoms with Crippen LogP contribution in [-0.2, 0) is 11.4 Å². The van der Waals surface area contributed by atoms with E-state index in [-0.39, 0.29) is 17.2 Å². The zero-order valence-corrected chi connectivity index (χ0v) is 18.9. The Morgan fingerprint density at radius 1 is 1.19 bits per heavy atom. The van der Waals surface area contributed by atoms with E-state index in [4.69, 9.17) is 4.74 Å². The fourth-order valence-electron chi connectivity index (χ4n) is 4.32. The van der Waals surface area contributed by atoms with Gasteiger partial charge >= 0.3 is 0 Å². The van der Waals surface area contributed by atoms with E-state index in [1.54, 1.807) is 4.68 Å². The molecule has 1 N–H and O–H groups in total. The van der Waals surface area contributed by atoms with Crippen molar-refractivity contribution in [1.29, 1.82) is 0 Å². The van der Waals surface area contributed by atoms with Crippen LogP contribution < -0.4 is 10.1 Å². The Morgan fingerprint density at radius 3 is 2.77 bits per heavy atom. The molecule has 0 bridgehead atoms. The molecule has 7 nitrogen and oxygen atoms in total. The highest BCUT2D eigenvalue weighted by Crippen LogP contribution is 2.45. The lowest BCUT2D eigenvalue weighted by molar-refractivity contribution is -0.118. The monoisotopic (exact) mass is 479 g/mol. The number of fused-ring (bicyclic) bond motifs is 1. The highest BCUT2D eigenvalue weighted by molar-refractivity contribution is 9.10. The number of hydrogen-bond acceptors (Lipinski definition) is 6. The van der Waals surface area contributed by atoms with Crippen LogP contribution in [0.1, 0.15) is 43.9 Å². The Kier molecular flexibility index (Phi) is 4.89. The minimum atomic E-state index is -0.344. The Hall–Kier alpha value is -3.00. The summed E-state index contributed by atoms with van der Waals surface area (Å²) in [6.45, 7) is 4.70. The maximum atomic E-state index is 13.1. The van der Waals surface area contributed by atoms with Crippen LogP contribution in [0.3, 0.4) is 0 Å². The number of ether oxygens (including phenoxy) is 1. The first kappa shape index (κ1) is 19.9. The Labute approximate surface area is 188 Å². The molecule has 0 spiro atoms. The number of aromatic nitrogens is 4. The molecule has 2 aromatic carbocycles. The van der Waals surface area contributed by atoms with Crippen LogP contribution in [0, 0.1) is 5.41 Å². The van der Waals surface area contributed by atoms with Gasteiger partial charge in [0.1, 0.15) is 18.4 Å². The average molecular weight is 480 g/mol. The molecule has 158 valence electrons. The van der Waals surface area contributed by atoms with Crippen molar-refractivity contribution in [2.45, 2.75) is 39.3 Å².